The van der Waals surface area contributed by atoms with Gasteiger partial charge in [0, 0.05) is 37.4 Å². The summed E-state index contributed by atoms with van der Waals surface area (Å²) >= 11 is 0. The van der Waals surface area contributed by atoms with Gasteiger partial charge in [-0.1, -0.05) is 48.2 Å². The quantitative estimate of drug-likeness (QED) is 0.778. The lowest BCUT2D eigenvalue weighted by molar-refractivity contribution is 0.288. The standard InChI is InChI=1S/C20H22N2.ClH/c1-18-8-5-6-12-20(18)22-16-14-21(15-17-22)13-7-11-19-9-3-2-4-10-19;/h2-6,8-10,12H,13-17H2,1H3;1H. The van der Waals surface area contributed by atoms with Crippen molar-refractivity contribution in [3.8, 4) is 11.8 Å². The number of nitrogens with zero attached hydrogens (tertiary/aromatic N) is 2. The smallest absolute Gasteiger partial charge is 0.0606 e. The molecule has 2 aromatic rings. The van der Waals surface area contributed by atoms with Crippen LogP contribution in [0.15, 0.2) is 54.6 Å². The second kappa shape index (κ2) is 8.62. The van der Waals surface area contributed by atoms with Gasteiger partial charge in [-0.15, -0.1) is 12.4 Å². The van der Waals surface area contributed by atoms with E-state index in [1.165, 1.54) is 11.3 Å². The van der Waals surface area contributed by atoms with Crippen LogP contribution in [0, 0.1) is 18.8 Å². The second-order valence-electron chi connectivity index (χ2n) is 5.72. The highest BCUT2D eigenvalue weighted by Crippen LogP contribution is 2.20. The topological polar surface area (TPSA) is 6.48 Å². The van der Waals surface area contributed by atoms with Crippen LogP contribution >= 0.6 is 12.4 Å². The number of rotatable bonds is 2. The minimum absolute atomic E-state index is 0. The van der Waals surface area contributed by atoms with Crippen LogP contribution in [-0.4, -0.2) is 37.6 Å². The zero-order chi connectivity index (χ0) is 15.2. The van der Waals surface area contributed by atoms with E-state index in [0.29, 0.717) is 0 Å². The maximum absolute atomic E-state index is 3.29. The zero-order valence-corrected chi connectivity index (χ0v) is 14.4. The SMILES string of the molecule is Cc1ccccc1N1CCN(CC#Cc2ccccc2)CC1.Cl. The van der Waals surface area contributed by atoms with Gasteiger partial charge < -0.3 is 4.90 Å². The van der Waals surface area contributed by atoms with E-state index in [0.717, 1.165) is 38.3 Å². The molecule has 120 valence electrons. The van der Waals surface area contributed by atoms with Crippen molar-refractivity contribution in [3.05, 3.63) is 65.7 Å². The molecule has 0 amide bonds. The molecule has 3 rings (SSSR count). The Bertz CT molecular complexity index is 665. The largest absolute Gasteiger partial charge is 0.369 e. The van der Waals surface area contributed by atoms with E-state index < -0.39 is 0 Å². The normalized spacial score (nSPS) is 14.6. The number of piperazine rings is 1. The first kappa shape index (κ1) is 17.4. The molecule has 1 aliphatic rings. The monoisotopic (exact) mass is 326 g/mol. The fraction of sp³-hybridized carbons (Fsp3) is 0.300. The third kappa shape index (κ3) is 4.76. The molecule has 1 fully saturated rings. The summed E-state index contributed by atoms with van der Waals surface area (Å²) < 4.78 is 0. The van der Waals surface area contributed by atoms with Crippen molar-refractivity contribution in [3.63, 3.8) is 0 Å². The predicted molar refractivity (Wildman–Crippen MR) is 100 cm³/mol. The molecule has 0 radical (unpaired) electrons. The fourth-order valence-corrected chi connectivity index (χ4v) is 2.84. The molecule has 0 spiro atoms. The molecule has 0 unspecified atom stereocenters. The third-order valence-electron chi connectivity index (χ3n) is 4.14. The summed E-state index contributed by atoms with van der Waals surface area (Å²) in [7, 11) is 0. The molecule has 3 heteroatoms. The Morgan fingerprint density at radius 1 is 0.870 bits per heavy atom. The Morgan fingerprint density at radius 2 is 1.52 bits per heavy atom. The third-order valence-corrected chi connectivity index (χ3v) is 4.14. The van der Waals surface area contributed by atoms with E-state index in [4.69, 9.17) is 0 Å². The van der Waals surface area contributed by atoms with E-state index in [-0.39, 0.29) is 12.4 Å². The lowest BCUT2D eigenvalue weighted by atomic mass is 10.1. The summed E-state index contributed by atoms with van der Waals surface area (Å²) in [6.07, 6.45) is 0. The van der Waals surface area contributed by atoms with Gasteiger partial charge in [0.2, 0.25) is 0 Å². The van der Waals surface area contributed by atoms with Gasteiger partial charge in [0.1, 0.15) is 0 Å². The van der Waals surface area contributed by atoms with Crippen LogP contribution < -0.4 is 4.90 Å². The first-order valence-electron chi connectivity index (χ1n) is 7.90. The van der Waals surface area contributed by atoms with Crippen molar-refractivity contribution in [1.82, 2.24) is 4.90 Å². The van der Waals surface area contributed by atoms with Crippen molar-refractivity contribution >= 4 is 18.1 Å². The van der Waals surface area contributed by atoms with E-state index in [1.807, 2.05) is 18.2 Å². The Kier molecular flexibility index (Phi) is 6.52. The predicted octanol–water partition coefficient (Wildman–Crippen LogP) is 3.59. The molecular weight excluding hydrogens is 304 g/mol. The summed E-state index contributed by atoms with van der Waals surface area (Å²) in [4.78, 5) is 4.92. The zero-order valence-electron chi connectivity index (χ0n) is 13.5. The van der Waals surface area contributed by atoms with E-state index in [2.05, 4.69) is 65.0 Å². The van der Waals surface area contributed by atoms with E-state index in [9.17, 15) is 0 Å². The Labute approximate surface area is 145 Å². The number of hydrogen-bond acceptors (Lipinski definition) is 2. The summed E-state index contributed by atoms with van der Waals surface area (Å²) in [5.74, 6) is 6.53. The minimum Gasteiger partial charge on any atom is -0.369 e. The number of hydrogen-bond donors (Lipinski definition) is 0. The van der Waals surface area contributed by atoms with Crippen molar-refractivity contribution in [2.45, 2.75) is 6.92 Å². The Balaban J connectivity index is 0.00000192. The molecule has 0 saturated carbocycles. The molecule has 0 N–H and O–H groups in total. The van der Waals surface area contributed by atoms with Crippen LogP contribution in [-0.2, 0) is 0 Å². The first-order chi connectivity index (χ1) is 10.8. The van der Waals surface area contributed by atoms with Crippen LogP contribution in [0.25, 0.3) is 0 Å². The van der Waals surface area contributed by atoms with Gasteiger partial charge in [0.15, 0.2) is 0 Å². The highest BCUT2D eigenvalue weighted by Gasteiger charge is 2.17. The fourth-order valence-electron chi connectivity index (χ4n) is 2.84. The molecular formula is C20H23ClN2. The van der Waals surface area contributed by atoms with Gasteiger partial charge in [-0.2, -0.15) is 0 Å². The Morgan fingerprint density at radius 3 is 2.22 bits per heavy atom. The van der Waals surface area contributed by atoms with Crippen molar-refractivity contribution in [2.75, 3.05) is 37.6 Å². The minimum atomic E-state index is 0. The van der Waals surface area contributed by atoms with Gasteiger partial charge in [0.25, 0.3) is 0 Å². The van der Waals surface area contributed by atoms with Gasteiger partial charge in [0.05, 0.1) is 6.54 Å². The lowest BCUT2D eigenvalue weighted by Crippen LogP contribution is -2.46. The van der Waals surface area contributed by atoms with Crippen LogP contribution in [0.4, 0.5) is 5.69 Å². The molecule has 1 saturated heterocycles. The number of benzene rings is 2. The maximum Gasteiger partial charge on any atom is 0.0606 e. The molecule has 23 heavy (non-hydrogen) atoms. The van der Waals surface area contributed by atoms with Gasteiger partial charge >= 0.3 is 0 Å². The summed E-state index contributed by atoms with van der Waals surface area (Å²) in [5.41, 5.74) is 3.83. The molecule has 0 aromatic heterocycles. The molecule has 1 aliphatic heterocycles. The number of para-hydroxylation sites is 1. The molecule has 0 aliphatic carbocycles. The Hall–Kier alpha value is -1.95. The van der Waals surface area contributed by atoms with Crippen LogP contribution in [0.3, 0.4) is 0 Å². The molecule has 2 nitrogen and oxygen atoms in total. The summed E-state index contributed by atoms with van der Waals surface area (Å²) in [6.45, 7) is 7.37. The highest BCUT2D eigenvalue weighted by molar-refractivity contribution is 5.85. The van der Waals surface area contributed by atoms with Crippen LogP contribution in [0.1, 0.15) is 11.1 Å². The summed E-state index contributed by atoms with van der Waals surface area (Å²) in [6, 6.07) is 18.8. The molecule has 0 bridgehead atoms. The molecule has 0 atom stereocenters. The first-order valence-corrected chi connectivity index (χ1v) is 7.90. The number of aryl methyl sites for hydroxylation is 1. The number of halogens is 1. The average molecular weight is 327 g/mol. The number of anilines is 1. The van der Waals surface area contributed by atoms with E-state index in [1.54, 1.807) is 0 Å². The van der Waals surface area contributed by atoms with Gasteiger partial charge in [-0.05, 0) is 30.7 Å². The van der Waals surface area contributed by atoms with Crippen molar-refractivity contribution < 1.29 is 0 Å². The lowest BCUT2D eigenvalue weighted by Gasteiger charge is -2.36. The highest BCUT2D eigenvalue weighted by atomic mass is 35.5. The van der Waals surface area contributed by atoms with Crippen LogP contribution in [0.5, 0.6) is 0 Å². The van der Waals surface area contributed by atoms with Gasteiger partial charge in [-0.3, -0.25) is 4.90 Å². The molecule has 2 aromatic carbocycles. The van der Waals surface area contributed by atoms with Gasteiger partial charge in [-0.25, -0.2) is 0 Å². The van der Waals surface area contributed by atoms with E-state index >= 15 is 0 Å². The van der Waals surface area contributed by atoms with Crippen molar-refractivity contribution in [2.24, 2.45) is 0 Å². The van der Waals surface area contributed by atoms with Crippen molar-refractivity contribution in [1.29, 1.82) is 0 Å². The second-order valence-corrected chi connectivity index (χ2v) is 5.72. The maximum atomic E-state index is 3.29. The summed E-state index contributed by atoms with van der Waals surface area (Å²) in [5, 5.41) is 0. The molecule has 1 heterocycles. The van der Waals surface area contributed by atoms with Crippen LogP contribution in [0.2, 0.25) is 0 Å². The average Bonchev–Trinajstić information content (AvgIpc) is 2.57.